The highest BCUT2D eigenvalue weighted by atomic mass is 16.5. The van der Waals surface area contributed by atoms with E-state index in [0.717, 1.165) is 11.4 Å². The number of carbonyl (C=O) groups is 3. The van der Waals surface area contributed by atoms with Crippen LogP contribution in [-0.2, 0) is 14.3 Å². The summed E-state index contributed by atoms with van der Waals surface area (Å²) in [6, 6.07) is 12.0. The van der Waals surface area contributed by atoms with Gasteiger partial charge in [-0.3, -0.25) is 4.79 Å². The number of esters is 2. The number of ketones is 1. The second-order valence-electron chi connectivity index (χ2n) is 6.54. The minimum absolute atomic E-state index is 0.305. The van der Waals surface area contributed by atoms with Crippen LogP contribution in [0.25, 0.3) is 11.8 Å². The van der Waals surface area contributed by atoms with Crippen LogP contribution < -0.4 is 0 Å². The van der Waals surface area contributed by atoms with E-state index in [4.69, 9.17) is 13.9 Å². The van der Waals surface area contributed by atoms with Crippen LogP contribution in [0.2, 0.25) is 0 Å². The van der Waals surface area contributed by atoms with Gasteiger partial charge in [-0.1, -0.05) is 0 Å². The maximum atomic E-state index is 12.6. The van der Waals surface area contributed by atoms with Crippen LogP contribution in [0.3, 0.4) is 0 Å². The normalized spacial score (nSPS) is 10.9. The highest BCUT2D eigenvalue weighted by Crippen LogP contribution is 2.22. The smallest absolute Gasteiger partial charge is 0.337 e. The molecular weight excluding hydrogens is 386 g/mol. The number of rotatable bonds is 7. The van der Waals surface area contributed by atoms with Crippen LogP contribution >= 0.6 is 0 Å². The van der Waals surface area contributed by atoms with Gasteiger partial charge in [0.15, 0.2) is 6.61 Å². The standard InChI is InChI=1S/C23H21NO6/c1-15-13-20(21(25)14-30-22(26)11-10-19-5-4-12-29-19)16(2)24(15)18-8-6-17(7-9-18)23(27)28-3/h4-13H,14H2,1-3H3. The molecule has 0 atom stereocenters. The summed E-state index contributed by atoms with van der Waals surface area (Å²) in [7, 11) is 1.33. The molecule has 1 aromatic carbocycles. The molecule has 0 spiro atoms. The third kappa shape index (κ3) is 4.57. The molecule has 2 aromatic heterocycles. The average Bonchev–Trinajstić information content (AvgIpc) is 3.37. The number of aromatic nitrogens is 1. The minimum atomic E-state index is -0.632. The van der Waals surface area contributed by atoms with Gasteiger partial charge in [-0.2, -0.15) is 0 Å². The van der Waals surface area contributed by atoms with Crippen molar-refractivity contribution in [3.05, 3.63) is 83.1 Å². The fourth-order valence-electron chi connectivity index (χ4n) is 3.11. The Hall–Kier alpha value is -3.87. The summed E-state index contributed by atoms with van der Waals surface area (Å²) >= 11 is 0. The first-order valence-corrected chi connectivity index (χ1v) is 9.20. The molecule has 0 bridgehead atoms. The lowest BCUT2D eigenvalue weighted by molar-refractivity contribution is -0.136. The van der Waals surface area contributed by atoms with E-state index in [1.165, 1.54) is 25.5 Å². The molecule has 0 fully saturated rings. The fourth-order valence-corrected chi connectivity index (χ4v) is 3.11. The van der Waals surface area contributed by atoms with Gasteiger partial charge in [-0.15, -0.1) is 0 Å². The molecular formula is C23H21NO6. The van der Waals surface area contributed by atoms with E-state index in [1.54, 1.807) is 42.5 Å². The highest BCUT2D eigenvalue weighted by molar-refractivity contribution is 6.00. The number of ether oxygens (including phenoxy) is 2. The van der Waals surface area contributed by atoms with Crippen LogP contribution in [0.1, 0.15) is 37.9 Å². The summed E-state index contributed by atoms with van der Waals surface area (Å²) in [5.41, 5.74) is 3.26. The number of carbonyl (C=O) groups excluding carboxylic acids is 3. The average molecular weight is 407 g/mol. The molecule has 0 aliphatic rings. The zero-order valence-corrected chi connectivity index (χ0v) is 16.9. The summed E-state index contributed by atoms with van der Waals surface area (Å²) in [5, 5.41) is 0. The van der Waals surface area contributed by atoms with E-state index in [2.05, 4.69) is 0 Å². The minimum Gasteiger partial charge on any atom is -0.465 e. The third-order valence-electron chi connectivity index (χ3n) is 4.55. The van der Waals surface area contributed by atoms with E-state index < -0.39 is 11.9 Å². The predicted molar refractivity (Wildman–Crippen MR) is 110 cm³/mol. The SMILES string of the molecule is COC(=O)c1ccc(-n2c(C)cc(C(=O)COC(=O)C=Cc3ccco3)c2C)cc1. The van der Waals surface area contributed by atoms with Crippen LogP contribution in [0, 0.1) is 13.8 Å². The Kier molecular flexibility index (Phi) is 6.32. The number of hydrogen-bond acceptors (Lipinski definition) is 6. The van der Waals surface area contributed by atoms with Crippen molar-refractivity contribution in [2.75, 3.05) is 13.7 Å². The molecule has 0 amide bonds. The Morgan fingerprint density at radius 3 is 2.47 bits per heavy atom. The Labute approximate surface area is 173 Å². The first-order valence-electron chi connectivity index (χ1n) is 9.20. The van der Waals surface area contributed by atoms with E-state index in [0.29, 0.717) is 22.6 Å². The molecule has 3 aromatic rings. The number of hydrogen-bond donors (Lipinski definition) is 0. The van der Waals surface area contributed by atoms with Crippen LogP contribution in [-0.4, -0.2) is 36.0 Å². The van der Waals surface area contributed by atoms with E-state index >= 15 is 0 Å². The van der Waals surface area contributed by atoms with Crippen molar-refractivity contribution in [3.63, 3.8) is 0 Å². The van der Waals surface area contributed by atoms with Crippen LogP contribution in [0.5, 0.6) is 0 Å². The number of Topliss-reactive ketones (excluding diaryl/α,β-unsaturated/α-hetero) is 1. The molecule has 0 N–H and O–H groups in total. The van der Waals surface area contributed by atoms with Crippen molar-refractivity contribution in [1.29, 1.82) is 0 Å². The Morgan fingerprint density at radius 2 is 1.83 bits per heavy atom. The van der Waals surface area contributed by atoms with Crippen molar-refractivity contribution < 1.29 is 28.3 Å². The first kappa shape index (κ1) is 20.9. The van der Waals surface area contributed by atoms with Gasteiger partial charge in [0.1, 0.15) is 5.76 Å². The first-order chi connectivity index (χ1) is 14.4. The molecule has 0 aliphatic carbocycles. The van der Waals surface area contributed by atoms with Gasteiger partial charge >= 0.3 is 11.9 Å². The summed E-state index contributed by atoms with van der Waals surface area (Å²) in [6.07, 6.45) is 4.17. The summed E-state index contributed by atoms with van der Waals surface area (Å²) < 4.78 is 16.7. The second kappa shape index (κ2) is 9.09. The molecule has 0 saturated heterocycles. The molecule has 0 radical (unpaired) electrons. The number of methoxy groups -OCH3 is 1. The van der Waals surface area contributed by atoms with Gasteiger partial charge in [-0.05, 0) is 62.4 Å². The zero-order chi connectivity index (χ0) is 21.7. The number of benzene rings is 1. The lowest BCUT2D eigenvalue weighted by Crippen LogP contribution is -2.13. The molecule has 154 valence electrons. The maximum absolute atomic E-state index is 12.6. The van der Waals surface area contributed by atoms with Gasteiger partial charge in [0.25, 0.3) is 0 Å². The molecule has 30 heavy (non-hydrogen) atoms. The molecule has 0 saturated carbocycles. The van der Waals surface area contributed by atoms with Gasteiger partial charge in [0.2, 0.25) is 5.78 Å². The molecule has 0 unspecified atom stereocenters. The Balaban J connectivity index is 1.70. The molecule has 3 rings (SSSR count). The highest BCUT2D eigenvalue weighted by Gasteiger charge is 2.18. The predicted octanol–water partition coefficient (Wildman–Crippen LogP) is 3.91. The van der Waals surface area contributed by atoms with Gasteiger partial charge in [-0.25, -0.2) is 9.59 Å². The summed E-state index contributed by atoms with van der Waals surface area (Å²) in [6.45, 7) is 3.32. The number of aryl methyl sites for hydroxylation is 1. The summed E-state index contributed by atoms with van der Waals surface area (Å²) in [4.78, 5) is 36.0. The second-order valence-corrected chi connectivity index (χ2v) is 6.54. The Bertz CT molecular complexity index is 1090. The molecule has 7 heteroatoms. The van der Waals surface area contributed by atoms with E-state index in [9.17, 15) is 14.4 Å². The number of furan rings is 1. The summed E-state index contributed by atoms with van der Waals surface area (Å²) in [5.74, 6) is -0.839. The van der Waals surface area contributed by atoms with Crippen molar-refractivity contribution in [3.8, 4) is 5.69 Å². The van der Waals surface area contributed by atoms with E-state index in [1.807, 2.05) is 18.4 Å². The lowest BCUT2D eigenvalue weighted by atomic mass is 10.1. The maximum Gasteiger partial charge on any atom is 0.337 e. The molecule has 2 heterocycles. The van der Waals surface area contributed by atoms with Crippen molar-refractivity contribution in [2.45, 2.75) is 13.8 Å². The third-order valence-corrected chi connectivity index (χ3v) is 4.55. The van der Waals surface area contributed by atoms with Gasteiger partial charge < -0.3 is 18.5 Å². The molecule has 7 nitrogen and oxygen atoms in total. The van der Waals surface area contributed by atoms with Crippen LogP contribution in [0.15, 0.2) is 59.2 Å². The monoisotopic (exact) mass is 407 g/mol. The van der Waals surface area contributed by atoms with Crippen molar-refractivity contribution in [2.24, 2.45) is 0 Å². The van der Waals surface area contributed by atoms with Gasteiger partial charge in [0, 0.05) is 28.7 Å². The van der Waals surface area contributed by atoms with Crippen molar-refractivity contribution in [1.82, 2.24) is 4.57 Å². The zero-order valence-electron chi connectivity index (χ0n) is 16.9. The van der Waals surface area contributed by atoms with E-state index in [-0.39, 0.29) is 12.4 Å². The van der Waals surface area contributed by atoms with Crippen LogP contribution in [0.4, 0.5) is 0 Å². The fraction of sp³-hybridized carbons (Fsp3) is 0.174. The number of nitrogens with zero attached hydrogens (tertiary/aromatic N) is 1. The lowest BCUT2D eigenvalue weighted by Gasteiger charge is -2.10. The topological polar surface area (TPSA) is 87.7 Å². The quantitative estimate of drug-likeness (QED) is 0.335. The largest absolute Gasteiger partial charge is 0.465 e. The molecule has 0 aliphatic heterocycles. The van der Waals surface area contributed by atoms with Crippen molar-refractivity contribution >= 4 is 23.8 Å². The van der Waals surface area contributed by atoms with Gasteiger partial charge in [0.05, 0.1) is 18.9 Å². The Morgan fingerprint density at radius 1 is 1.10 bits per heavy atom.